The minimum atomic E-state index is -0.628. The Kier molecular flexibility index (Phi) is 6.45. The number of esters is 2. The molecular weight excluding hydrogens is 388 g/mol. The number of amides is 1. The van der Waals surface area contributed by atoms with Gasteiger partial charge in [-0.15, -0.1) is 0 Å². The second-order valence-corrected chi connectivity index (χ2v) is 6.16. The molecule has 1 heterocycles. The summed E-state index contributed by atoms with van der Waals surface area (Å²) in [6.45, 7) is 1.70. The number of anilines is 1. The van der Waals surface area contributed by atoms with Gasteiger partial charge in [-0.25, -0.2) is 9.59 Å². The van der Waals surface area contributed by atoms with Crippen molar-refractivity contribution in [1.29, 1.82) is 5.26 Å². The summed E-state index contributed by atoms with van der Waals surface area (Å²) in [6.07, 6.45) is -0.259. The predicted octanol–water partition coefficient (Wildman–Crippen LogP) is 3.82. The highest BCUT2D eigenvalue weighted by molar-refractivity contribution is 5.97. The highest BCUT2D eigenvalue weighted by Crippen LogP contribution is 2.27. The molecule has 1 N–H and O–H groups in total. The Hall–Kier alpha value is -4.12. The first-order chi connectivity index (χ1) is 14.5. The highest BCUT2D eigenvalue weighted by atomic mass is 16.5. The van der Waals surface area contributed by atoms with Crippen LogP contribution in [0.3, 0.4) is 0 Å². The molecule has 0 aliphatic heterocycles. The summed E-state index contributed by atoms with van der Waals surface area (Å²) in [6, 6.07) is 14.8. The van der Waals surface area contributed by atoms with Crippen LogP contribution in [0.2, 0.25) is 0 Å². The third-order valence-corrected chi connectivity index (χ3v) is 4.15. The summed E-state index contributed by atoms with van der Waals surface area (Å²) in [4.78, 5) is 36.1. The zero-order chi connectivity index (χ0) is 21.5. The summed E-state index contributed by atoms with van der Waals surface area (Å²) in [5, 5.41) is 11.7. The lowest BCUT2D eigenvalue weighted by molar-refractivity contribution is -0.115. The number of hydrogen-bond acceptors (Lipinski definition) is 7. The molecule has 3 aromatic rings. The fourth-order valence-corrected chi connectivity index (χ4v) is 2.79. The second-order valence-electron chi connectivity index (χ2n) is 6.16. The summed E-state index contributed by atoms with van der Waals surface area (Å²) in [7, 11) is 0. The number of carbonyl (C=O) groups is 3. The van der Waals surface area contributed by atoms with Crippen molar-refractivity contribution in [3.05, 3.63) is 65.4 Å². The van der Waals surface area contributed by atoms with Crippen LogP contribution in [-0.2, 0) is 20.9 Å². The van der Waals surface area contributed by atoms with Gasteiger partial charge in [0, 0.05) is 11.1 Å². The van der Waals surface area contributed by atoms with Crippen molar-refractivity contribution in [1.82, 2.24) is 0 Å². The minimum Gasteiger partial charge on any atom is -0.460 e. The SMILES string of the molecule is CCOC(=O)c1oc2ccccc2c1COC(=O)c1ccc(NC(=O)CC#N)cc1. The van der Waals surface area contributed by atoms with E-state index in [1.54, 1.807) is 37.3 Å². The lowest BCUT2D eigenvalue weighted by Gasteiger charge is -2.07. The standard InChI is InChI=1S/C22H18N2O6/c1-2-28-22(27)20-17(16-5-3-4-6-18(16)30-20)13-29-21(26)14-7-9-15(10-8-14)24-19(25)11-12-23/h3-10H,2,11,13H2,1H3,(H,24,25). The Morgan fingerprint density at radius 3 is 2.47 bits per heavy atom. The number of benzene rings is 2. The molecule has 0 unspecified atom stereocenters. The molecule has 0 saturated carbocycles. The van der Waals surface area contributed by atoms with Gasteiger partial charge in [-0.2, -0.15) is 5.26 Å². The van der Waals surface area contributed by atoms with Crippen LogP contribution in [0.4, 0.5) is 5.69 Å². The molecule has 0 bridgehead atoms. The highest BCUT2D eigenvalue weighted by Gasteiger charge is 2.23. The Balaban J connectivity index is 1.74. The van der Waals surface area contributed by atoms with Gasteiger partial charge in [0.2, 0.25) is 11.7 Å². The van der Waals surface area contributed by atoms with Crippen LogP contribution in [0, 0.1) is 11.3 Å². The second kappa shape index (κ2) is 9.39. The lowest BCUT2D eigenvalue weighted by Crippen LogP contribution is -2.11. The Morgan fingerprint density at radius 2 is 1.77 bits per heavy atom. The number of furan rings is 1. The topological polar surface area (TPSA) is 119 Å². The number of carbonyl (C=O) groups excluding carboxylic acids is 3. The Morgan fingerprint density at radius 1 is 1.03 bits per heavy atom. The number of nitrogens with one attached hydrogen (secondary N) is 1. The molecule has 0 aliphatic rings. The first-order valence-corrected chi connectivity index (χ1v) is 9.15. The fourth-order valence-electron chi connectivity index (χ4n) is 2.79. The zero-order valence-corrected chi connectivity index (χ0v) is 16.1. The van der Waals surface area contributed by atoms with Gasteiger partial charge in [0.1, 0.15) is 18.6 Å². The van der Waals surface area contributed by atoms with Gasteiger partial charge in [0.05, 0.1) is 23.8 Å². The molecule has 0 aliphatic carbocycles. The van der Waals surface area contributed by atoms with Crippen LogP contribution in [0.5, 0.6) is 0 Å². The lowest BCUT2D eigenvalue weighted by atomic mass is 10.1. The van der Waals surface area contributed by atoms with E-state index in [1.807, 2.05) is 0 Å². The zero-order valence-electron chi connectivity index (χ0n) is 16.1. The van der Waals surface area contributed by atoms with Gasteiger partial charge in [-0.3, -0.25) is 4.79 Å². The molecule has 0 spiro atoms. The summed E-state index contributed by atoms with van der Waals surface area (Å²) in [5.41, 5.74) is 1.64. The molecule has 1 aromatic heterocycles. The molecule has 0 radical (unpaired) electrons. The summed E-state index contributed by atoms with van der Waals surface area (Å²) < 4.78 is 16.0. The molecule has 0 atom stereocenters. The van der Waals surface area contributed by atoms with Gasteiger partial charge in [0.25, 0.3) is 0 Å². The quantitative estimate of drug-likeness (QED) is 0.593. The van der Waals surface area contributed by atoms with Gasteiger partial charge in [-0.05, 0) is 37.3 Å². The van der Waals surface area contributed by atoms with Crippen molar-refractivity contribution >= 4 is 34.5 Å². The van der Waals surface area contributed by atoms with Gasteiger partial charge < -0.3 is 19.2 Å². The monoisotopic (exact) mass is 406 g/mol. The fraction of sp³-hybridized carbons (Fsp3) is 0.182. The van der Waals surface area contributed by atoms with Gasteiger partial charge in [-0.1, -0.05) is 18.2 Å². The first kappa shape index (κ1) is 20.6. The van der Waals surface area contributed by atoms with E-state index in [9.17, 15) is 14.4 Å². The number of ether oxygens (including phenoxy) is 2. The van der Waals surface area contributed by atoms with E-state index in [2.05, 4.69) is 5.32 Å². The molecule has 152 valence electrons. The van der Waals surface area contributed by atoms with E-state index in [0.717, 1.165) is 0 Å². The molecule has 3 rings (SSSR count). The smallest absolute Gasteiger partial charge is 0.374 e. The van der Waals surface area contributed by atoms with Gasteiger partial charge >= 0.3 is 11.9 Å². The van der Waals surface area contributed by atoms with E-state index in [-0.39, 0.29) is 31.0 Å². The third-order valence-electron chi connectivity index (χ3n) is 4.15. The Labute approximate surface area is 172 Å². The number of hydrogen-bond donors (Lipinski definition) is 1. The molecule has 30 heavy (non-hydrogen) atoms. The number of rotatable bonds is 7. The van der Waals surface area contributed by atoms with Crippen molar-refractivity contribution < 1.29 is 28.3 Å². The van der Waals surface area contributed by atoms with E-state index >= 15 is 0 Å². The van der Waals surface area contributed by atoms with Crippen molar-refractivity contribution in [3.8, 4) is 6.07 Å². The molecule has 0 fully saturated rings. The van der Waals surface area contributed by atoms with Crippen LogP contribution in [0.15, 0.2) is 52.9 Å². The number of nitriles is 1. The number of para-hydroxylation sites is 1. The maximum Gasteiger partial charge on any atom is 0.374 e. The number of nitrogens with zero attached hydrogens (tertiary/aromatic N) is 1. The van der Waals surface area contributed by atoms with Crippen molar-refractivity contribution in [2.45, 2.75) is 20.0 Å². The van der Waals surface area contributed by atoms with E-state index in [1.165, 1.54) is 24.3 Å². The Bertz CT molecular complexity index is 1120. The normalized spacial score (nSPS) is 10.3. The summed E-state index contributed by atoms with van der Waals surface area (Å²) >= 11 is 0. The largest absolute Gasteiger partial charge is 0.460 e. The molecule has 1 amide bonds. The van der Waals surface area contributed by atoms with Crippen LogP contribution in [-0.4, -0.2) is 24.5 Å². The van der Waals surface area contributed by atoms with Crippen LogP contribution >= 0.6 is 0 Å². The molecule has 8 nitrogen and oxygen atoms in total. The molecule has 2 aromatic carbocycles. The van der Waals surface area contributed by atoms with Crippen LogP contribution in [0.1, 0.15) is 39.8 Å². The van der Waals surface area contributed by atoms with Crippen molar-refractivity contribution in [3.63, 3.8) is 0 Å². The van der Waals surface area contributed by atoms with Crippen LogP contribution in [0.25, 0.3) is 11.0 Å². The third kappa shape index (κ3) is 4.64. The van der Waals surface area contributed by atoms with E-state index < -0.39 is 17.8 Å². The van der Waals surface area contributed by atoms with Crippen LogP contribution < -0.4 is 5.32 Å². The maximum atomic E-state index is 12.4. The van der Waals surface area contributed by atoms with E-state index in [0.29, 0.717) is 22.2 Å². The minimum absolute atomic E-state index is 0.00130. The predicted molar refractivity (Wildman–Crippen MR) is 107 cm³/mol. The van der Waals surface area contributed by atoms with Crippen molar-refractivity contribution in [2.75, 3.05) is 11.9 Å². The molecular formula is C22H18N2O6. The van der Waals surface area contributed by atoms with Crippen molar-refractivity contribution in [2.24, 2.45) is 0 Å². The molecule has 0 saturated heterocycles. The van der Waals surface area contributed by atoms with E-state index in [4.69, 9.17) is 19.2 Å². The summed E-state index contributed by atoms with van der Waals surface area (Å²) in [5.74, 6) is -1.67. The van der Waals surface area contributed by atoms with Gasteiger partial charge in [0.15, 0.2) is 0 Å². The average molecular weight is 406 g/mol. The average Bonchev–Trinajstić information content (AvgIpc) is 3.11. The maximum absolute atomic E-state index is 12.4. The molecule has 8 heteroatoms. The number of fused-ring (bicyclic) bond motifs is 1. The first-order valence-electron chi connectivity index (χ1n) is 9.15.